The van der Waals surface area contributed by atoms with Crippen LogP contribution >= 0.6 is 11.3 Å². The summed E-state index contributed by atoms with van der Waals surface area (Å²) in [5, 5.41) is 8.39. The minimum Gasteiger partial charge on any atom is -0.493 e. The molecule has 0 fully saturated rings. The number of aromatic nitrogens is 3. The van der Waals surface area contributed by atoms with Gasteiger partial charge in [0.1, 0.15) is 5.75 Å². The predicted molar refractivity (Wildman–Crippen MR) is 104 cm³/mol. The molecule has 0 aliphatic heterocycles. The zero-order chi connectivity index (χ0) is 18.1. The highest BCUT2D eigenvalue weighted by molar-refractivity contribution is 7.15. The third-order valence-electron chi connectivity index (χ3n) is 4.03. The second kappa shape index (κ2) is 6.72. The Morgan fingerprint density at radius 1 is 1.15 bits per heavy atom. The lowest BCUT2D eigenvalue weighted by molar-refractivity contribution is 0.339. The Labute approximate surface area is 154 Å². The van der Waals surface area contributed by atoms with Crippen molar-refractivity contribution in [2.75, 3.05) is 6.61 Å². The van der Waals surface area contributed by atoms with Crippen LogP contribution in [0.3, 0.4) is 0 Å². The third kappa shape index (κ3) is 2.88. The molecular weight excluding hydrogens is 346 g/mol. The predicted octanol–water partition coefficient (Wildman–Crippen LogP) is 3.07. The molecule has 2 aromatic heterocycles. The lowest BCUT2D eigenvalue weighted by Gasteiger charge is -2.05. The maximum absolute atomic E-state index is 13.0. The summed E-state index contributed by atoms with van der Waals surface area (Å²) in [6, 6.07) is 15.6. The Hall–Kier alpha value is -2.99. The number of fused-ring (bicyclic) bond motifs is 1. The van der Waals surface area contributed by atoms with E-state index < -0.39 is 0 Å². The number of benzene rings is 2. The Morgan fingerprint density at radius 3 is 2.81 bits per heavy atom. The second-order valence-corrected chi connectivity index (χ2v) is 6.91. The molecule has 0 aliphatic carbocycles. The smallest absolute Gasteiger partial charge is 0.276 e. The lowest BCUT2D eigenvalue weighted by Crippen LogP contribution is -2.23. The average Bonchev–Trinajstić information content (AvgIpc) is 3.18. The van der Waals surface area contributed by atoms with Crippen molar-refractivity contribution in [3.63, 3.8) is 0 Å². The van der Waals surface area contributed by atoms with Crippen molar-refractivity contribution >= 4 is 22.4 Å². The van der Waals surface area contributed by atoms with Crippen LogP contribution in [-0.2, 0) is 0 Å². The van der Waals surface area contributed by atoms with Gasteiger partial charge in [0.15, 0.2) is 5.82 Å². The Bertz CT molecular complexity index is 1190. The van der Waals surface area contributed by atoms with Gasteiger partial charge in [-0.25, -0.2) is 4.40 Å². The van der Waals surface area contributed by atoms with Gasteiger partial charge in [0.25, 0.3) is 5.56 Å². The van der Waals surface area contributed by atoms with E-state index in [0.29, 0.717) is 21.9 Å². The number of rotatable bonds is 4. The summed E-state index contributed by atoms with van der Waals surface area (Å²) in [6.07, 6.45) is 1.85. The van der Waals surface area contributed by atoms with Crippen molar-refractivity contribution in [2.24, 2.45) is 0 Å². The lowest BCUT2D eigenvalue weighted by atomic mass is 10.1. The van der Waals surface area contributed by atoms with E-state index in [4.69, 9.17) is 4.74 Å². The Morgan fingerprint density at radius 2 is 2.00 bits per heavy atom. The Kier molecular flexibility index (Phi) is 4.26. The number of hydrogen-bond acceptors (Lipinski definition) is 5. The highest BCUT2D eigenvalue weighted by Gasteiger charge is 2.14. The molecule has 0 bridgehead atoms. The SMILES string of the molecule is CCOc1ccccc1C=c1sc2nnc(-c3cccc(C)c3)n2c1=O. The first-order chi connectivity index (χ1) is 12.7. The van der Waals surface area contributed by atoms with E-state index in [1.807, 2.05) is 68.5 Å². The molecule has 0 saturated heterocycles. The molecule has 4 rings (SSSR count). The monoisotopic (exact) mass is 363 g/mol. The van der Waals surface area contributed by atoms with Crippen LogP contribution in [0.4, 0.5) is 0 Å². The maximum atomic E-state index is 13.0. The molecule has 26 heavy (non-hydrogen) atoms. The normalized spacial score (nSPS) is 12.0. The van der Waals surface area contributed by atoms with E-state index in [1.165, 1.54) is 11.3 Å². The first kappa shape index (κ1) is 16.5. The number of hydrogen-bond donors (Lipinski definition) is 0. The molecule has 2 aromatic carbocycles. The largest absolute Gasteiger partial charge is 0.493 e. The summed E-state index contributed by atoms with van der Waals surface area (Å²) in [5.41, 5.74) is 2.76. The second-order valence-electron chi connectivity index (χ2n) is 5.90. The summed E-state index contributed by atoms with van der Waals surface area (Å²) < 4.78 is 7.83. The van der Waals surface area contributed by atoms with Gasteiger partial charge in [-0.1, -0.05) is 53.3 Å². The maximum Gasteiger partial charge on any atom is 0.276 e. The summed E-state index contributed by atoms with van der Waals surface area (Å²) in [5.74, 6) is 1.33. The molecule has 130 valence electrons. The molecule has 0 N–H and O–H groups in total. The van der Waals surface area contributed by atoms with Crippen LogP contribution in [0.2, 0.25) is 0 Å². The van der Waals surface area contributed by atoms with Crippen molar-refractivity contribution in [1.29, 1.82) is 0 Å². The molecule has 0 radical (unpaired) electrons. The van der Waals surface area contributed by atoms with Crippen molar-refractivity contribution < 1.29 is 4.74 Å². The average molecular weight is 363 g/mol. The molecule has 5 nitrogen and oxygen atoms in total. The zero-order valence-corrected chi connectivity index (χ0v) is 15.3. The summed E-state index contributed by atoms with van der Waals surface area (Å²) in [4.78, 5) is 13.6. The van der Waals surface area contributed by atoms with E-state index in [2.05, 4.69) is 10.2 Å². The van der Waals surface area contributed by atoms with Gasteiger partial charge in [0.05, 0.1) is 11.1 Å². The minimum atomic E-state index is -0.113. The van der Waals surface area contributed by atoms with Crippen molar-refractivity contribution in [3.05, 3.63) is 74.5 Å². The number of ether oxygens (including phenoxy) is 1. The first-order valence-electron chi connectivity index (χ1n) is 8.36. The van der Waals surface area contributed by atoms with E-state index in [-0.39, 0.29) is 5.56 Å². The topological polar surface area (TPSA) is 56.5 Å². The van der Waals surface area contributed by atoms with Gasteiger partial charge < -0.3 is 4.74 Å². The fourth-order valence-corrected chi connectivity index (χ4v) is 3.77. The van der Waals surface area contributed by atoms with Crippen LogP contribution in [0.1, 0.15) is 18.1 Å². The van der Waals surface area contributed by atoms with Crippen LogP contribution < -0.4 is 14.8 Å². The molecule has 2 heterocycles. The van der Waals surface area contributed by atoms with Crippen LogP contribution in [0, 0.1) is 6.92 Å². The summed E-state index contributed by atoms with van der Waals surface area (Å²) in [7, 11) is 0. The van der Waals surface area contributed by atoms with Gasteiger partial charge >= 0.3 is 0 Å². The molecule has 4 aromatic rings. The van der Waals surface area contributed by atoms with Gasteiger partial charge in [0, 0.05) is 11.1 Å². The van der Waals surface area contributed by atoms with Crippen LogP contribution in [0.25, 0.3) is 22.4 Å². The quantitative estimate of drug-likeness (QED) is 0.559. The highest BCUT2D eigenvalue weighted by Crippen LogP contribution is 2.20. The van der Waals surface area contributed by atoms with Gasteiger partial charge in [-0.3, -0.25) is 4.79 Å². The number of para-hydroxylation sites is 1. The number of aryl methyl sites for hydroxylation is 1. The summed E-state index contributed by atoms with van der Waals surface area (Å²) in [6.45, 7) is 4.52. The van der Waals surface area contributed by atoms with Gasteiger partial charge in [-0.15, -0.1) is 10.2 Å². The fourth-order valence-electron chi connectivity index (χ4n) is 2.86. The highest BCUT2D eigenvalue weighted by atomic mass is 32.1. The Balaban J connectivity index is 1.89. The number of thiazole rings is 1. The van der Waals surface area contributed by atoms with Crippen molar-refractivity contribution in [2.45, 2.75) is 13.8 Å². The van der Waals surface area contributed by atoms with Gasteiger partial charge in [-0.2, -0.15) is 0 Å². The van der Waals surface area contributed by atoms with E-state index in [0.717, 1.165) is 22.4 Å². The summed E-state index contributed by atoms with van der Waals surface area (Å²) >= 11 is 1.33. The fraction of sp³-hybridized carbons (Fsp3) is 0.150. The third-order valence-corrected chi connectivity index (χ3v) is 4.99. The van der Waals surface area contributed by atoms with Gasteiger partial charge in [-0.05, 0) is 32.1 Å². The van der Waals surface area contributed by atoms with Crippen LogP contribution in [-0.4, -0.2) is 21.2 Å². The minimum absolute atomic E-state index is 0.113. The standard InChI is InChI=1S/C20H17N3O2S/c1-3-25-16-10-5-4-8-14(16)12-17-19(24)23-18(21-22-20(23)26-17)15-9-6-7-13(2)11-15/h4-12H,3H2,1-2H3. The molecule has 6 heteroatoms. The molecule has 0 unspecified atom stereocenters. The van der Waals surface area contributed by atoms with Gasteiger partial charge in [0.2, 0.25) is 4.96 Å². The van der Waals surface area contributed by atoms with E-state index >= 15 is 0 Å². The molecule has 0 atom stereocenters. The first-order valence-corrected chi connectivity index (χ1v) is 9.17. The number of nitrogens with zero attached hydrogens (tertiary/aromatic N) is 3. The zero-order valence-electron chi connectivity index (χ0n) is 14.5. The van der Waals surface area contributed by atoms with Crippen LogP contribution in [0.5, 0.6) is 5.75 Å². The van der Waals surface area contributed by atoms with Crippen molar-refractivity contribution in [1.82, 2.24) is 14.6 Å². The molecule has 0 amide bonds. The molecule has 0 saturated carbocycles. The molecule has 0 spiro atoms. The molecule has 0 aliphatic rings. The van der Waals surface area contributed by atoms with E-state index in [1.54, 1.807) is 4.40 Å². The van der Waals surface area contributed by atoms with Crippen molar-refractivity contribution in [3.8, 4) is 17.1 Å². The van der Waals surface area contributed by atoms with E-state index in [9.17, 15) is 4.79 Å². The molecular formula is C20H17N3O2S. The van der Waals surface area contributed by atoms with Crippen LogP contribution in [0.15, 0.2) is 53.3 Å².